The number of hydrogen-bond acceptors (Lipinski definition) is 9. The number of aliphatic imine (C=N–C) groups is 2. The van der Waals surface area contributed by atoms with E-state index in [1.165, 1.54) is 18.5 Å². The third kappa shape index (κ3) is 32.3. The van der Waals surface area contributed by atoms with E-state index >= 15 is 0 Å². The van der Waals surface area contributed by atoms with Crippen molar-refractivity contribution in [2.24, 2.45) is 21.6 Å². The largest absolute Gasteiger partial charge is 0.493 e. The summed E-state index contributed by atoms with van der Waals surface area (Å²) >= 11 is 0. The highest BCUT2D eigenvalue weighted by Gasteiger charge is 2.62. The molecule has 3 aliphatic carbocycles. The van der Waals surface area contributed by atoms with E-state index in [1.807, 2.05) is 25.1 Å². The number of ether oxygens (including phenoxy) is 2. The first-order valence-corrected chi connectivity index (χ1v) is 34.3. The predicted molar refractivity (Wildman–Crippen MR) is 507 cm³/mol. The SMILES string of the molecule is C.CCN(C(=O)NC1CC1)c1ccc2c(c1)C(C/C(=C/N)N=CC(=O)OC(C)(C)C)CCO2.O=C(O)C1CC1.O=C=NC1CC1.[B]B([B])B(B([B])[B])B(B([B])[B])B(B(B(B([B])[B])B([B])[B])B(B([B])[B])B([B])[B])B(B(B(B([B])[B])B([B])[B])B(B([B])[B])B([B])[B])B(B(B([B])[B])B([B])[B])B(B([B])[B])B([B])[B]. The first kappa shape index (κ1) is 101. The van der Waals surface area contributed by atoms with Gasteiger partial charge in [-0.2, -0.15) is 0 Å². The van der Waals surface area contributed by atoms with Gasteiger partial charge in [-0.3, -0.25) is 14.7 Å². The molecule has 103 heavy (non-hydrogen) atoms. The van der Waals surface area contributed by atoms with Crippen LogP contribution in [-0.4, -0.2) is 477 Å². The number of fused-ring (bicyclic) bond motifs is 1. The maximum Gasteiger partial charge on any atom is 0.349 e. The van der Waals surface area contributed by atoms with E-state index in [4.69, 9.17) is 252 Å². The Morgan fingerprint density at radius 2 is 0.893 bits per heavy atom. The molecule has 1 aliphatic heterocycles. The van der Waals surface area contributed by atoms with Gasteiger partial charge in [-0.15, -0.1) is 0 Å². The second-order valence-electron chi connectivity index (χ2n) is 28.4. The normalized spacial score (nSPS) is 13.6. The molecule has 1 aromatic rings. The number of esters is 1. The van der Waals surface area contributed by atoms with Crippen LogP contribution in [0.1, 0.15) is 98.0 Å². The molecule has 70 heteroatoms. The van der Waals surface area contributed by atoms with Crippen molar-refractivity contribution in [3.05, 3.63) is 35.7 Å². The molecule has 3 saturated carbocycles. The first-order valence-electron chi connectivity index (χ1n) is 34.3. The Balaban J connectivity index is 0.000000963. The Kier molecular flexibility index (Phi) is 46.7. The quantitative estimate of drug-likeness (QED) is 0.0258. The molecule has 1 atom stereocenters. The van der Waals surface area contributed by atoms with E-state index < -0.39 is 196 Å². The van der Waals surface area contributed by atoms with Crippen molar-refractivity contribution < 1.29 is 33.8 Å². The number of nitrogens with two attached hydrogens (primary N) is 1. The molecule has 422 valence electrons. The number of allylic oxidation sites excluding steroid dienone is 1. The number of carbonyl (C=O) groups excluding carboxylic acids is 3. The molecule has 4 N–H and O–H groups in total. The molecule has 2 amide bonds. The lowest BCUT2D eigenvalue weighted by atomic mass is 8.23. The first-order chi connectivity index (χ1) is 47.3. The number of anilines is 1. The van der Waals surface area contributed by atoms with Crippen molar-refractivity contribution in [3.8, 4) is 5.75 Å². The van der Waals surface area contributed by atoms with Crippen molar-refractivity contribution in [2.45, 2.75) is 110 Å². The van der Waals surface area contributed by atoms with E-state index in [9.17, 15) is 19.2 Å². The second kappa shape index (κ2) is 47.8. The number of nitrogens with zero attached hydrogens (tertiary/aromatic N) is 3. The van der Waals surface area contributed by atoms with Crippen LogP contribution in [0, 0.1) is 5.92 Å². The molecule has 12 nitrogen and oxygen atoms in total. The Morgan fingerprint density at radius 3 is 1.16 bits per heavy atom. The molecular weight excluding hydrogens is 1210 g/mol. The van der Waals surface area contributed by atoms with Crippen LogP contribution in [0.4, 0.5) is 10.5 Å². The van der Waals surface area contributed by atoms with E-state index in [0.29, 0.717) is 37.4 Å². The zero-order valence-corrected chi connectivity index (χ0v) is 59.6. The number of aliphatic carboxylic acids is 1. The number of rotatable bonds is 36. The third-order valence-corrected chi connectivity index (χ3v) is 19.0. The van der Waals surface area contributed by atoms with Gasteiger partial charge in [-0.05, 0) is 109 Å². The number of amides is 2. The Bertz CT molecular complexity index is 2610. The lowest BCUT2D eigenvalue weighted by Crippen LogP contribution is -2.96. The highest BCUT2D eigenvalue weighted by Crippen LogP contribution is 2.40. The highest BCUT2D eigenvalue weighted by atomic mass is 16.6. The Hall–Kier alpha value is -0.414. The zero-order chi connectivity index (χ0) is 78.4. The maximum atomic E-state index is 12.6. The van der Waals surface area contributed by atoms with Crippen LogP contribution in [0.5, 0.6) is 5.75 Å². The minimum atomic E-state index is -1.53. The summed E-state index contributed by atoms with van der Waals surface area (Å²) in [5.74, 6) is -0.211. The smallest absolute Gasteiger partial charge is 0.349 e. The molecule has 3 fully saturated rings. The second-order valence-corrected chi connectivity index (χ2v) is 28.4. The average Bonchev–Trinajstić information content (AvgIpc) is 1.59. The van der Waals surface area contributed by atoms with Crippen molar-refractivity contribution in [1.29, 1.82) is 0 Å². The van der Waals surface area contributed by atoms with Crippen LogP contribution < -0.4 is 20.7 Å². The molecule has 1 unspecified atom stereocenters. The monoisotopic (exact) mass is 1270 g/mol. The molecule has 60 radical (unpaired) electrons. The predicted octanol–water partition coefficient (Wildman–Crippen LogP) is -16.6. The summed E-state index contributed by atoms with van der Waals surface area (Å²) in [7, 11) is 197. The zero-order valence-electron chi connectivity index (χ0n) is 59.6. The standard InChI is InChI=1S/C24H34N4O4.C4H5NO.C4H6O2.CH4.B58/c1-5-28(23(30)27-17-6-7-17)19-8-9-21-20(13-19)16(10-11-31-21)12-18(14-25)26-15-22(29)32-24(2,3)4;6-3-5-4-1-2-4;5-4(6)3-1-2-3;;1-31(2)46(32(3)4)53(45(29)30)57(54(47(33(5)6)34(7)8)48(35(9)10)36(11)12)58(55(49(37(13)14)38(15)16)50(39(17)18)40(19)20)56(51(41(21)22)42(23)24)52(43(25)26)44(27)28/h8-9,13-17H,5-7,10-12,25H2,1-4H3,(H,27,30);4H,1-2H2;3H,1-2H2,(H,5,6);1H4;/b18-14-,26-15?;;;;. The molecule has 1 heterocycles. The molecule has 1 aromatic carbocycles. The minimum absolute atomic E-state index is 0. The summed E-state index contributed by atoms with van der Waals surface area (Å²) in [6.45, 7) is 8.53. The molecule has 0 aromatic heterocycles. The van der Waals surface area contributed by atoms with Crippen molar-refractivity contribution in [1.82, 2.24) is 5.32 Å². The molecular formula is C33H49B58N5O7. The van der Waals surface area contributed by atoms with Crippen molar-refractivity contribution in [3.63, 3.8) is 0 Å². The van der Waals surface area contributed by atoms with Crippen LogP contribution in [0.25, 0.3) is 0 Å². The van der Waals surface area contributed by atoms with Gasteiger partial charge in [0.05, 0.1) is 24.3 Å². The van der Waals surface area contributed by atoms with Crippen LogP contribution >= 0.6 is 0 Å². The van der Waals surface area contributed by atoms with Gasteiger partial charge in [-0.25, -0.2) is 19.4 Å². The van der Waals surface area contributed by atoms with E-state index in [1.54, 1.807) is 25.7 Å². The van der Waals surface area contributed by atoms with Crippen molar-refractivity contribution >= 4 is 447 Å². The molecule has 0 spiro atoms. The number of carbonyl (C=O) groups is 3. The van der Waals surface area contributed by atoms with Gasteiger partial charge in [0.1, 0.15) is 17.6 Å². The minimum Gasteiger partial charge on any atom is -0.493 e. The van der Waals surface area contributed by atoms with Crippen molar-refractivity contribution in [2.75, 3.05) is 18.1 Å². The fourth-order valence-corrected chi connectivity index (χ4v) is 14.3. The van der Waals surface area contributed by atoms with E-state index in [-0.39, 0.29) is 25.3 Å². The van der Waals surface area contributed by atoms with Gasteiger partial charge in [0, 0.05) is 435 Å². The van der Waals surface area contributed by atoms with Crippen LogP contribution in [0.3, 0.4) is 0 Å². The number of nitrogens with one attached hydrogen (secondary N) is 1. The van der Waals surface area contributed by atoms with Crippen LogP contribution in [-0.2, 0) is 19.1 Å². The summed E-state index contributed by atoms with van der Waals surface area (Å²) < 4.78 is 11.1. The Morgan fingerprint density at radius 1 is 0.553 bits per heavy atom. The topological polar surface area (TPSA) is 173 Å². The number of carboxylic acids is 1. The van der Waals surface area contributed by atoms with Gasteiger partial charge < -0.3 is 25.6 Å². The fraction of sp³-hybridized carbons (Fsp3) is 0.606. The number of urea groups is 1. The van der Waals surface area contributed by atoms with E-state index in [0.717, 1.165) is 61.9 Å². The molecule has 4 aliphatic rings. The van der Waals surface area contributed by atoms with Gasteiger partial charge in [0.2, 0.25) is 6.08 Å². The van der Waals surface area contributed by atoms with Gasteiger partial charge >= 0.3 is 18.0 Å². The van der Waals surface area contributed by atoms with Gasteiger partial charge in [0.25, 0.3) is 0 Å². The number of carboxylic acid groups (broad SMARTS) is 1. The van der Waals surface area contributed by atoms with Gasteiger partial charge in [-0.1, -0.05) is 7.43 Å². The fourth-order valence-electron chi connectivity index (χ4n) is 14.3. The third-order valence-electron chi connectivity index (χ3n) is 19.0. The van der Waals surface area contributed by atoms with Crippen LogP contribution in [0.15, 0.2) is 40.1 Å². The molecule has 5 rings (SSSR count). The molecule has 0 saturated heterocycles. The number of isocyanates is 1. The lowest BCUT2D eigenvalue weighted by Gasteiger charge is -2.58. The maximum absolute atomic E-state index is 12.6. The average molecular weight is 1250 g/mol. The van der Waals surface area contributed by atoms with Crippen LogP contribution in [0.2, 0.25) is 0 Å². The molecule has 0 bridgehead atoms. The summed E-state index contributed by atoms with van der Waals surface area (Å²) in [5.41, 5.74) is 7.65. The van der Waals surface area contributed by atoms with E-state index in [2.05, 4.69) is 15.3 Å². The highest BCUT2D eigenvalue weighted by molar-refractivity contribution is 8.37. The number of hydrogen-bond donors (Lipinski definition) is 3. The number of benzene rings is 1. The summed E-state index contributed by atoms with van der Waals surface area (Å²) in [6.07, 6.45) is -27.8. The van der Waals surface area contributed by atoms with Gasteiger partial charge in [0.15, 0.2) is 0 Å². The summed E-state index contributed by atoms with van der Waals surface area (Å²) in [5, 5.41) is 11.1. The summed E-state index contributed by atoms with van der Waals surface area (Å²) in [4.78, 5) is 53.2. The summed E-state index contributed by atoms with van der Waals surface area (Å²) in [6, 6.07) is 6.42. The lowest BCUT2D eigenvalue weighted by molar-refractivity contribution is -0.145. The Labute approximate surface area is 671 Å².